The Labute approximate surface area is 114 Å². The second-order valence-corrected chi connectivity index (χ2v) is 5.03. The molecule has 0 aliphatic heterocycles. The standard InChI is InChI=1S/C15H12BrNO/c16-12-5-3-6-13(9-12)17-10-14-8-11-4-1-2-7-15(11)18-14/h1-9,17H,10H2. The number of halogens is 1. The summed E-state index contributed by atoms with van der Waals surface area (Å²) in [5.41, 5.74) is 2.01. The van der Waals surface area contributed by atoms with Gasteiger partial charge in [0.15, 0.2) is 0 Å². The minimum absolute atomic E-state index is 0.686. The molecule has 3 rings (SSSR count). The zero-order valence-corrected chi connectivity index (χ0v) is 11.3. The van der Waals surface area contributed by atoms with Crippen LogP contribution in [0, 0.1) is 0 Å². The van der Waals surface area contributed by atoms with Gasteiger partial charge < -0.3 is 9.73 Å². The predicted molar refractivity (Wildman–Crippen MR) is 77.7 cm³/mol. The predicted octanol–water partition coefficient (Wildman–Crippen LogP) is 4.81. The SMILES string of the molecule is Brc1cccc(NCc2cc3ccccc3o2)c1. The van der Waals surface area contributed by atoms with Crippen molar-refractivity contribution in [1.29, 1.82) is 0 Å². The number of nitrogens with one attached hydrogen (secondary N) is 1. The van der Waals surface area contributed by atoms with Gasteiger partial charge in [0, 0.05) is 15.5 Å². The summed E-state index contributed by atoms with van der Waals surface area (Å²) in [6.07, 6.45) is 0. The summed E-state index contributed by atoms with van der Waals surface area (Å²) >= 11 is 3.45. The van der Waals surface area contributed by atoms with Gasteiger partial charge in [-0.25, -0.2) is 0 Å². The average molecular weight is 302 g/mol. The number of para-hydroxylation sites is 1. The number of hydrogen-bond donors (Lipinski definition) is 1. The fourth-order valence-electron chi connectivity index (χ4n) is 1.91. The highest BCUT2D eigenvalue weighted by atomic mass is 79.9. The molecule has 0 bridgehead atoms. The first kappa shape index (κ1) is 11.4. The first-order chi connectivity index (χ1) is 8.81. The van der Waals surface area contributed by atoms with Crippen LogP contribution in [0.1, 0.15) is 5.76 Å². The van der Waals surface area contributed by atoms with Crippen molar-refractivity contribution in [3.8, 4) is 0 Å². The molecule has 3 aromatic rings. The van der Waals surface area contributed by atoms with Crippen molar-refractivity contribution >= 4 is 32.6 Å². The van der Waals surface area contributed by atoms with E-state index in [0.717, 1.165) is 26.9 Å². The van der Waals surface area contributed by atoms with E-state index in [1.54, 1.807) is 0 Å². The van der Waals surface area contributed by atoms with Crippen LogP contribution in [-0.4, -0.2) is 0 Å². The Balaban J connectivity index is 1.76. The molecule has 1 heterocycles. The second kappa shape index (κ2) is 4.86. The molecule has 3 heteroatoms. The minimum Gasteiger partial charge on any atom is -0.459 e. The van der Waals surface area contributed by atoms with Crippen molar-refractivity contribution in [2.45, 2.75) is 6.54 Å². The number of fused-ring (bicyclic) bond motifs is 1. The Morgan fingerprint density at radius 1 is 1.00 bits per heavy atom. The van der Waals surface area contributed by atoms with Crippen LogP contribution in [0.15, 0.2) is 63.5 Å². The molecule has 0 unspecified atom stereocenters. The fraction of sp³-hybridized carbons (Fsp3) is 0.0667. The molecule has 90 valence electrons. The van der Waals surface area contributed by atoms with Gasteiger partial charge in [-0.05, 0) is 30.3 Å². The van der Waals surface area contributed by atoms with Crippen LogP contribution < -0.4 is 5.32 Å². The molecule has 1 aromatic heterocycles. The molecule has 0 aliphatic carbocycles. The van der Waals surface area contributed by atoms with E-state index in [0.29, 0.717) is 6.54 Å². The van der Waals surface area contributed by atoms with Gasteiger partial charge in [0.05, 0.1) is 6.54 Å². The molecule has 0 radical (unpaired) electrons. The van der Waals surface area contributed by atoms with Crippen LogP contribution in [0.3, 0.4) is 0 Å². The lowest BCUT2D eigenvalue weighted by molar-refractivity contribution is 0.559. The third kappa shape index (κ3) is 2.41. The van der Waals surface area contributed by atoms with Crippen molar-refractivity contribution in [3.63, 3.8) is 0 Å². The lowest BCUT2D eigenvalue weighted by Gasteiger charge is -2.04. The second-order valence-electron chi connectivity index (χ2n) is 4.11. The third-order valence-electron chi connectivity index (χ3n) is 2.77. The fourth-order valence-corrected chi connectivity index (χ4v) is 2.31. The first-order valence-corrected chi connectivity index (χ1v) is 6.57. The van der Waals surface area contributed by atoms with Crippen molar-refractivity contribution in [2.75, 3.05) is 5.32 Å². The molecule has 0 amide bonds. The maximum atomic E-state index is 5.75. The summed E-state index contributed by atoms with van der Waals surface area (Å²) in [4.78, 5) is 0. The third-order valence-corrected chi connectivity index (χ3v) is 3.26. The maximum Gasteiger partial charge on any atom is 0.134 e. The lowest BCUT2D eigenvalue weighted by atomic mass is 10.2. The lowest BCUT2D eigenvalue weighted by Crippen LogP contribution is -1.97. The van der Waals surface area contributed by atoms with E-state index in [-0.39, 0.29) is 0 Å². The Morgan fingerprint density at radius 2 is 1.89 bits per heavy atom. The van der Waals surface area contributed by atoms with Gasteiger partial charge in [-0.15, -0.1) is 0 Å². The van der Waals surface area contributed by atoms with E-state index in [9.17, 15) is 0 Å². The quantitative estimate of drug-likeness (QED) is 0.751. The van der Waals surface area contributed by atoms with E-state index >= 15 is 0 Å². The van der Waals surface area contributed by atoms with Crippen LogP contribution in [0.25, 0.3) is 11.0 Å². The van der Waals surface area contributed by atoms with Crippen LogP contribution >= 0.6 is 15.9 Å². The van der Waals surface area contributed by atoms with Crippen LogP contribution in [0.4, 0.5) is 5.69 Å². The molecule has 2 nitrogen and oxygen atoms in total. The van der Waals surface area contributed by atoms with Gasteiger partial charge in [0.2, 0.25) is 0 Å². The molecule has 18 heavy (non-hydrogen) atoms. The van der Waals surface area contributed by atoms with Gasteiger partial charge >= 0.3 is 0 Å². The van der Waals surface area contributed by atoms with Gasteiger partial charge in [0.1, 0.15) is 11.3 Å². The maximum absolute atomic E-state index is 5.75. The Hall–Kier alpha value is -1.74. The monoisotopic (exact) mass is 301 g/mol. The van der Waals surface area contributed by atoms with E-state index in [1.165, 1.54) is 0 Å². The number of anilines is 1. The van der Waals surface area contributed by atoms with Gasteiger partial charge in [-0.1, -0.05) is 40.2 Å². The minimum atomic E-state index is 0.686. The van der Waals surface area contributed by atoms with Crippen molar-refractivity contribution in [2.24, 2.45) is 0 Å². The van der Waals surface area contributed by atoms with Crippen molar-refractivity contribution < 1.29 is 4.42 Å². The molecule has 0 saturated carbocycles. The number of rotatable bonds is 3. The highest BCUT2D eigenvalue weighted by molar-refractivity contribution is 9.10. The summed E-state index contributed by atoms with van der Waals surface area (Å²) in [7, 11) is 0. The number of hydrogen-bond acceptors (Lipinski definition) is 2. The van der Waals surface area contributed by atoms with Gasteiger partial charge in [-0.3, -0.25) is 0 Å². The Kier molecular flexibility index (Phi) is 3.07. The van der Waals surface area contributed by atoms with E-state index in [2.05, 4.69) is 33.4 Å². The molecule has 0 atom stereocenters. The van der Waals surface area contributed by atoms with Gasteiger partial charge in [0.25, 0.3) is 0 Å². The molecule has 2 aromatic carbocycles. The molecule has 1 N–H and O–H groups in total. The highest BCUT2D eigenvalue weighted by Crippen LogP contribution is 2.21. The number of benzene rings is 2. The number of furan rings is 1. The normalized spacial score (nSPS) is 10.7. The topological polar surface area (TPSA) is 25.2 Å². The molecular weight excluding hydrogens is 290 g/mol. The van der Waals surface area contributed by atoms with Crippen LogP contribution in [-0.2, 0) is 6.54 Å². The molecule has 0 aliphatic rings. The average Bonchev–Trinajstić information content (AvgIpc) is 2.79. The summed E-state index contributed by atoms with van der Waals surface area (Å²) in [6.45, 7) is 0.686. The summed E-state index contributed by atoms with van der Waals surface area (Å²) in [5.74, 6) is 0.941. The van der Waals surface area contributed by atoms with Crippen molar-refractivity contribution in [3.05, 3.63) is 64.8 Å². The molecule has 0 saturated heterocycles. The first-order valence-electron chi connectivity index (χ1n) is 5.78. The van der Waals surface area contributed by atoms with Crippen LogP contribution in [0.5, 0.6) is 0 Å². The molecule has 0 fully saturated rings. The van der Waals surface area contributed by atoms with Crippen LogP contribution in [0.2, 0.25) is 0 Å². The summed E-state index contributed by atoms with van der Waals surface area (Å²) in [5, 5.41) is 4.48. The Morgan fingerprint density at radius 3 is 2.72 bits per heavy atom. The zero-order chi connectivity index (χ0) is 12.4. The smallest absolute Gasteiger partial charge is 0.134 e. The molecular formula is C15H12BrNO. The van der Waals surface area contributed by atoms with E-state index in [1.807, 2.05) is 42.5 Å². The highest BCUT2D eigenvalue weighted by Gasteiger charge is 2.02. The van der Waals surface area contributed by atoms with E-state index < -0.39 is 0 Å². The van der Waals surface area contributed by atoms with Crippen molar-refractivity contribution in [1.82, 2.24) is 0 Å². The summed E-state index contributed by atoms with van der Waals surface area (Å²) < 4.78 is 6.81. The zero-order valence-electron chi connectivity index (χ0n) is 9.69. The summed E-state index contributed by atoms with van der Waals surface area (Å²) in [6, 6.07) is 18.2. The largest absolute Gasteiger partial charge is 0.459 e. The molecule has 0 spiro atoms. The van der Waals surface area contributed by atoms with E-state index in [4.69, 9.17) is 4.42 Å². The van der Waals surface area contributed by atoms with Gasteiger partial charge in [-0.2, -0.15) is 0 Å². The Bertz CT molecular complexity index is 642.